The summed E-state index contributed by atoms with van der Waals surface area (Å²) in [5.41, 5.74) is 6.82. The van der Waals surface area contributed by atoms with E-state index in [1.54, 1.807) is 26.0 Å². The first-order valence-electron chi connectivity index (χ1n) is 10.8. The number of rotatable bonds is 14. The van der Waals surface area contributed by atoms with Crippen LogP contribution in [-0.4, -0.2) is 75.8 Å². The third kappa shape index (κ3) is 9.16. The average molecular weight is 481 g/mol. The number of hydrogen-bond donors (Lipinski definition) is 7. The van der Waals surface area contributed by atoms with Gasteiger partial charge in [-0.2, -0.15) is 0 Å². The molecule has 3 amide bonds. The number of amides is 3. The number of carbonyl (C=O) groups excluding carboxylic acids is 3. The van der Waals surface area contributed by atoms with Crippen LogP contribution in [0.5, 0.6) is 0 Å². The molecule has 0 aromatic heterocycles. The van der Waals surface area contributed by atoms with Gasteiger partial charge in [-0.05, 0) is 17.9 Å². The lowest BCUT2D eigenvalue weighted by Crippen LogP contribution is -2.59. The first-order chi connectivity index (χ1) is 16.0. The molecule has 0 bridgehead atoms. The van der Waals surface area contributed by atoms with Crippen molar-refractivity contribution >= 4 is 29.7 Å². The van der Waals surface area contributed by atoms with Gasteiger partial charge in [0.05, 0.1) is 19.1 Å². The van der Waals surface area contributed by atoms with E-state index in [1.807, 2.05) is 23.5 Å². The molecule has 188 valence electrons. The molecular weight excluding hydrogens is 448 g/mol. The zero-order valence-electron chi connectivity index (χ0n) is 19.1. The summed E-state index contributed by atoms with van der Waals surface area (Å²) in [7, 11) is 0. The zero-order valence-corrected chi connectivity index (χ0v) is 19.1. The van der Waals surface area contributed by atoms with Crippen LogP contribution in [0.3, 0.4) is 0 Å². The van der Waals surface area contributed by atoms with Crippen LogP contribution in [0.1, 0.15) is 32.3 Å². The molecule has 0 saturated heterocycles. The van der Waals surface area contributed by atoms with Crippen molar-refractivity contribution in [1.29, 1.82) is 0 Å². The fourth-order valence-corrected chi connectivity index (χ4v) is 3.03. The van der Waals surface area contributed by atoms with Gasteiger partial charge in [0.2, 0.25) is 17.7 Å². The zero-order chi connectivity index (χ0) is 25.8. The maximum absolute atomic E-state index is 12.9. The molecule has 8 N–H and O–H groups in total. The minimum absolute atomic E-state index is 0.239. The number of nitrogens with one attached hydrogen (secondary N) is 3. The number of nitrogens with two attached hydrogens (primary N) is 1. The van der Waals surface area contributed by atoms with Crippen LogP contribution in [-0.2, 0) is 30.4 Å². The van der Waals surface area contributed by atoms with E-state index in [1.165, 1.54) is 0 Å². The number of carboxylic acids is 2. The van der Waals surface area contributed by atoms with E-state index < -0.39 is 66.9 Å². The van der Waals surface area contributed by atoms with Gasteiger partial charge in [-0.3, -0.25) is 19.2 Å². The van der Waals surface area contributed by atoms with Gasteiger partial charge in [-0.15, -0.1) is 0 Å². The Hall–Kier alpha value is -3.51. The van der Waals surface area contributed by atoms with Gasteiger partial charge in [0.1, 0.15) is 18.1 Å². The second-order valence-corrected chi connectivity index (χ2v) is 7.91. The first kappa shape index (κ1) is 28.5. The van der Waals surface area contributed by atoms with Crippen LogP contribution in [0, 0.1) is 5.92 Å². The molecule has 0 fully saturated rings. The van der Waals surface area contributed by atoms with Gasteiger partial charge in [0, 0.05) is 0 Å². The number of aliphatic hydroxyl groups excluding tert-OH is 1. The largest absolute Gasteiger partial charge is 0.481 e. The van der Waals surface area contributed by atoms with Crippen molar-refractivity contribution in [3.8, 4) is 0 Å². The van der Waals surface area contributed by atoms with E-state index >= 15 is 0 Å². The van der Waals surface area contributed by atoms with Crippen LogP contribution in [0.25, 0.3) is 0 Å². The summed E-state index contributed by atoms with van der Waals surface area (Å²) in [6.45, 7) is 2.61. The van der Waals surface area contributed by atoms with Crippen LogP contribution in [0.15, 0.2) is 30.3 Å². The van der Waals surface area contributed by atoms with Gasteiger partial charge in [0.15, 0.2) is 0 Å². The molecule has 0 saturated carbocycles. The van der Waals surface area contributed by atoms with E-state index in [4.69, 9.17) is 15.9 Å². The Labute approximate surface area is 196 Å². The summed E-state index contributed by atoms with van der Waals surface area (Å²) in [5.74, 6) is -5.86. The Morgan fingerprint density at radius 1 is 0.912 bits per heavy atom. The fourth-order valence-electron chi connectivity index (χ4n) is 3.03. The monoisotopic (exact) mass is 480 g/mol. The molecule has 0 aliphatic carbocycles. The highest BCUT2D eigenvalue weighted by Gasteiger charge is 2.32. The molecule has 12 heteroatoms. The third-order valence-electron chi connectivity index (χ3n) is 5.24. The second-order valence-electron chi connectivity index (χ2n) is 7.91. The number of carboxylic acid groups (broad SMARTS) is 2. The van der Waals surface area contributed by atoms with Crippen LogP contribution in [0.2, 0.25) is 0 Å². The van der Waals surface area contributed by atoms with Crippen molar-refractivity contribution in [2.75, 3.05) is 6.61 Å². The summed E-state index contributed by atoms with van der Waals surface area (Å²) < 4.78 is 0. The molecule has 5 unspecified atom stereocenters. The lowest BCUT2D eigenvalue weighted by Gasteiger charge is -2.27. The summed E-state index contributed by atoms with van der Waals surface area (Å²) in [4.78, 5) is 59.8. The average Bonchev–Trinajstić information content (AvgIpc) is 2.79. The number of carbonyl (C=O) groups is 5. The number of benzene rings is 1. The fraction of sp³-hybridized carbons (Fsp3) is 0.500. The molecular formula is C22H32N4O8. The van der Waals surface area contributed by atoms with E-state index in [0.29, 0.717) is 6.42 Å². The van der Waals surface area contributed by atoms with Crippen molar-refractivity contribution < 1.29 is 39.3 Å². The second kappa shape index (κ2) is 13.9. The predicted molar refractivity (Wildman–Crippen MR) is 120 cm³/mol. The Bertz CT molecular complexity index is 864. The smallest absolute Gasteiger partial charge is 0.326 e. The lowest BCUT2D eigenvalue weighted by molar-refractivity contribution is -0.147. The Kier molecular flexibility index (Phi) is 11.7. The van der Waals surface area contributed by atoms with Gasteiger partial charge in [-0.1, -0.05) is 50.6 Å². The summed E-state index contributed by atoms with van der Waals surface area (Å²) in [5, 5.41) is 34.2. The van der Waals surface area contributed by atoms with Crippen molar-refractivity contribution in [2.45, 2.75) is 57.3 Å². The van der Waals surface area contributed by atoms with E-state index in [-0.39, 0.29) is 12.3 Å². The van der Waals surface area contributed by atoms with Crippen LogP contribution >= 0.6 is 0 Å². The quantitative estimate of drug-likeness (QED) is 0.167. The topological polar surface area (TPSA) is 208 Å². The van der Waals surface area contributed by atoms with Crippen molar-refractivity contribution in [1.82, 2.24) is 16.0 Å². The molecule has 34 heavy (non-hydrogen) atoms. The number of hydrogen-bond acceptors (Lipinski definition) is 7. The maximum Gasteiger partial charge on any atom is 0.326 e. The Morgan fingerprint density at radius 2 is 1.50 bits per heavy atom. The minimum Gasteiger partial charge on any atom is -0.481 e. The molecule has 5 atom stereocenters. The molecule has 1 aromatic rings. The van der Waals surface area contributed by atoms with E-state index in [0.717, 1.165) is 5.56 Å². The molecule has 1 rings (SSSR count). The van der Waals surface area contributed by atoms with Crippen molar-refractivity contribution in [2.24, 2.45) is 11.7 Å². The first-order valence-corrected chi connectivity index (χ1v) is 10.8. The number of aliphatic carboxylic acids is 2. The summed E-state index contributed by atoms with van der Waals surface area (Å²) in [6.07, 6.45) is -0.163. The van der Waals surface area contributed by atoms with Gasteiger partial charge < -0.3 is 37.0 Å². The third-order valence-corrected chi connectivity index (χ3v) is 5.24. The molecule has 0 aliphatic rings. The van der Waals surface area contributed by atoms with Crippen LogP contribution in [0.4, 0.5) is 0 Å². The van der Waals surface area contributed by atoms with Gasteiger partial charge in [-0.25, -0.2) is 4.79 Å². The van der Waals surface area contributed by atoms with Gasteiger partial charge in [0.25, 0.3) is 0 Å². The molecule has 1 aromatic carbocycles. The normalized spacial score (nSPS) is 15.2. The number of aliphatic hydroxyl groups is 1. The SMILES string of the molecule is CCC(C)C(NC(=O)C(N)Cc1ccccc1)C(=O)NC(CO)C(=O)NC(CC(=O)O)C(=O)O. The molecule has 0 spiro atoms. The highest BCUT2D eigenvalue weighted by atomic mass is 16.4. The Balaban J connectivity index is 2.87. The van der Waals surface area contributed by atoms with Crippen LogP contribution < -0.4 is 21.7 Å². The molecule has 0 heterocycles. The van der Waals surface area contributed by atoms with Crippen molar-refractivity contribution in [3.05, 3.63) is 35.9 Å². The van der Waals surface area contributed by atoms with E-state index in [2.05, 4.69) is 10.6 Å². The predicted octanol–water partition coefficient (Wildman–Crippen LogP) is -1.39. The molecule has 0 aliphatic heterocycles. The highest BCUT2D eigenvalue weighted by molar-refractivity contribution is 5.94. The maximum atomic E-state index is 12.9. The summed E-state index contributed by atoms with van der Waals surface area (Å²) >= 11 is 0. The lowest BCUT2D eigenvalue weighted by atomic mass is 9.97. The Morgan fingerprint density at radius 3 is 2.00 bits per heavy atom. The highest BCUT2D eigenvalue weighted by Crippen LogP contribution is 2.10. The summed E-state index contributed by atoms with van der Waals surface area (Å²) in [6, 6.07) is 3.72. The standard InChI is InChI=1S/C22H32N4O8/c1-3-12(2)18(26-19(30)14(23)9-13-7-5-4-6-8-13)21(32)25-16(11-27)20(31)24-15(22(33)34)10-17(28)29/h4-8,12,14-16,18,27H,3,9-11,23H2,1-2H3,(H,24,31)(H,25,32)(H,26,30)(H,28,29)(H,33,34). The molecule has 0 radical (unpaired) electrons. The van der Waals surface area contributed by atoms with E-state index in [9.17, 15) is 29.1 Å². The van der Waals surface area contributed by atoms with Crippen molar-refractivity contribution in [3.63, 3.8) is 0 Å². The molecule has 12 nitrogen and oxygen atoms in total. The van der Waals surface area contributed by atoms with Gasteiger partial charge >= 0.3 is 11.9 Å². The minimum atomic E-state index is -1.75.